The summed E-state index contributed by atoms with van der Waals surface area (Å²) in [5.41, 5.74) is 11.6. The first-order chi connectivity index (χ1) is 42.7. The molecule has 3 heterocycles. The number of rotatable bonds is 27. The Labute approximate surface area is 576 Å². The van der Waals surface area contributed by atoms with Gasteiger partial charge in [-0.3, -0.25) is 0 Å². The van der Waals surface area contributed by atoms with E-state index in [-0.39, 0.29) is 56.7 Å². The van der Waals surface area contributed by atoms with Gasteiger partial charge in [-0.05, 0) is 164 Å². The third kappa shape index (κ3) is 49.9. The summed E-state index contributed by atoms with van der Waals surface area (Å²) in [6, 6.07) is 0. The van der Waals surface area contributed by atoms with Crippen molar-refractivity contribution in [3.8, 4) is 22.9 Å². The number of esters is 2. The van der Waals surface area contributed by atoms with Crippen molar-refractivity contribution in [1.29, 1.82) is 0 Å². The molecule has 0 aromatic rings. The second-order valence-corrected chi connectivity index (χ2v) is 38.2. The first kappa shape index (κ1) is 98.2. The fraction of sp³-hybridized carbons (Fsp3) is 0.827. The summed E-state index contributed by atoms with van der Waals surface area (Å²) < 4.78 is 48.1. The van der Waals surface area contributed by atoms with Crippen LogP contribution in [0.3, 0.4) is 0 Å². The van der Waals surface area contributed by atoms with Gasteiger partial charge in [0.15, 0.2) is 25.0 Å². The molecule has 0 radical (unpaired) electrons. The van der Waals surface area contributed by atoms with E-state index in [0.29, 0.717) is 48.3 Å². The van der Waals surface area contributed by atoms with Crippen molar-refractivity contribution >= 4 is 50.3 Å². The van der Waals surface area contributed by atoms with Crippen LogP contribution in [-0.4, -0.2) is 145 Å². The van der Waals surface area contributed by atoms with E-state index in [1.807, 2.05) is 40.7 Å². The molecular formula is C75H143BrO14Si2. The predicted octanol–water partition coefficient (Wildman–Crippen LogP) is 18.8. The van der Waals surface area contributed by atoms with Crippen molar-refractivity contribution in [3.63, 3.8) is 0 Å². The molecule has 3 saturated heterocycles. The third-order valence-electron chi connectivity index (χ3n) is 15.2. The standard InChI is InChI=1S/C18H34OSi.C12H23BrSi.C12H22O4.C11H20O2.C8H14O3.C7H14O3.C6H12O.CH4/c1-9-10-12-18(8)19-13-11-14-20(15(2)3,16(4)5)17(6)7;1-10(2)14(11(3)4,12(5)6)9-7-8-13;1-9(2)8-15-12(13)10(3)16-11-6-4-5-7-14-11;1-3-4-7-10(2)13-11-8-5-6-9-12-11;1-7(6-9)11-8-4-2-3-5-10-8;1-5(2)4-10-7(9)6(3)8;1-3-4-5-6(2)7;/h10,12,15-18H,9,13H2,1-8H3;10-12H,8H2,1-6H3;9-11H,4-8H2,1-3H3;4,7,10-11H,3,5-6,8-9H2,1-2H3;6-8H,2-5H2,1H3;5-6,8H,4H2,1-3H3;4-7H,3H2,1-2H3;1H4/b12-10-;;;7-4-;;;5-4-;/t18-;;2*10-,11?;7-,8?;2*6-;/m1.11111./s1. The predicted molar refractivity (Wildman–Crippen MR) is 395 cm³/mol. The number of aliphatic hydroxyl groups excluding tert-OH is 2. The molecule has 9 atom stereocenters. The van der Waals surface area contributed by atoms with Crippen LogP contribution >= 0.6 is 15.9 Å². The number of aldehydes is 1. The van der Waals surface area contributed by atoms with E-state index in [4.69, 9.17) is 48.1 Å². The summed E-state index contributed by atoms with van der Waals surface area (Å²) >= 11 is 3.40. The lowest BCUT2D eigenvalue weighted by Gasteiger charge is -2.38. The van der Waals surface area contributed by atoms with Crippen LogP contribution in [0.2, 0.25) is 33.2 Å². The fourth-order valence-corrected chi connectivity index (χ4v) is 21.4. The van der Waals surface area contributed by atoms with Crippen LogP contribution in [-0.2, 0) is 57.0 Å². The lowest BCUT2D eigenvalue weighted by molar-refractivity contribution is -0.201. The number of aliphatic hydroxyl groups is 2. The Morgan fingerprint density at radius 2 is 0.848 bits per heavy atom. The fourth-order valence-electron chi connectivity index (χ4n) is 10.5. The number of carbonyl (C=O) groups excluding carboxylic acids is 3. The first-order valence-electron chi connectivity index (χ1n) is 34.9. The monoisotopic (exact) mass is 1400 g/mol. The lowest BCUT2D eigenvalue weighted by Crippen LogP contribution is -2.43. The Kier molecular flexibility index (Phi) is 65.0. The van der Waals surface area contributed by atoms with Gasteiger partial charge in [0, 0.05) is 19.8 Å². The zero-order valence-electron chi connectivity index (χ0n) is 62.5. The van der Waals surface area contributed by atoms with Crippen molar-refractivity contribution in [2.24, 2.45) is 11.8 Å². The number of halogens is 1. The summed E-state index contributed by atoms with van der Waals surface area (Å²) in [5, 5.41) is 18.1. The Morgan fingerprint density at radius 1 is 0.500 bits per heavy atom. The SMILES string of the molecule is C.CC(C)COC(=O)[C@@H](C)O.CC(C)COC(=O)[C@@H](C)OC1CCCCO1.CC(C)[Si](C#CCBr)(C(C)C)C(C)C.CC/C=C\[C@@H](C)O.CC/C=C\[C@@H](C)OC1CCCCO1.CC/C=C\[C@@H](C)OCC#C[Si](C(C)C)(C(C)C)C(C)C.C[C@H](C=O)OC1CCCCO1. The number of hydrogen-bond donors (Lipinski definition) is 2. The van der Waals surface area contributed by atoms with E-state index < -0.39 is 34.3 Å². The average molecular weight is 1410 g/mol. The molecule has 0 saturated carbocycles. The van der Waals surface area contributed by atoms with E-state index in [9.17, 15) is 14.4 Å². The van der Waals surface area contributed by atoms with Gasteiger partial charge in [-0.25, -0.2) is 9.59 Å². The van der Waals surface area contributed by atoms with E-state index in [1.165, 1.54) is 19.8 Å². The van der Waals surface area contributed by atoms with Crippen LogP contribution < -0.4 is 0 Å². The highest BCUT2D eigenvalue weighted by Crippen LogP contribution is 2.42. The highest BCUT2D eigenvalue weighted by Gasteiger charge is 2.42. The minimum Gasteiger partial charge on any atom is -0.464 e. The quantitative estimate of drug-likeness (QED) is 0.0198. The number of ether oxygens (including phenoxy) is 9. The van der Waals surface area contributed by atoms with Crippen molar-refractivity contribution in [2.75, 3.05) is 45.0 Å². The van der Waals surface area contributed by atoms with Crippen molar-refractivity contribution in [3.05, 3.63) is 36.5 Å². The molecule has 0 spiro atoms. The Morgan fingerprint density at radius 3 is 1.15 bits per heavy atom. The summed E-state index contributed by atoms with van der Waals surface area (Å²) in [6.07, 6.45) is 23.6. The lowest BCUT2D eigenvalue weighted by atomic mass is 10.2. The zero-order chi connectivity index (χ0) is 70.5. The number of alkyl halides is 1. The Hall–Kier alpha value is -2.50. The molecule has 3 aliphatic heterocycles. The third-order valence-corrected chi connectivity index (χ3v) is 28.2. The highest BCUT2D eigenvalue weighted by molar-refractivity contribution is 9.09. The molecular weight excluding hydrogens is 1260 g/mol. The number of hydrogen-bond acceptors (Lipinski definition) is 14. The summed E-state index contributed by atoms with van der Waals surface area (Å²) in [5.74, 6) is 6.42. The van der Waals surface area contributed by atoms with Crippen LogP contribution in [0.5, 0.6) is 0 Å². The van der Waals surface area contributed by atoms with Gasteiger partial charge in [0.2, 0.25) is 0 Å². The van der Waals surface area contributed by atoms with Gasteiger partial charge >= 0.3 is 11.9 Å². The van der Waals surface area contributed by atoms with Crippen LogP contribution in [0.4, 0.5) is 0 Å². The maximum Gasteiger partial charge on any atom is 0.335 e. The van der Waals surface area contributed by atoms with Crippen LogP contribution in [0.25, 0.3) is 0 Å². The van der Waals surface area contributed by atoms with E-state index in [1.54, 1.807) is 26.8 Å². The van der Waals surface area contributed by atoms with Crippen LogP contribution in [0, 0.1) is 34.8 Å². The molecule has 17 heteroatoms. The van der Waals surface area contributed by atoms with Gasteiger partial charge in [-0.2, -0.15) is 0 Å². The number of carbonyl (C=O) groups is 3. The van der Waals surface area contributed by atoms with Gasteiger partial charge in [0.25, 0.3) is 0 Å². The molecule has 3 unspecified atom stereocenters. The Bertz CT molecular complexity index is 1920. The molecule has 14 nitrogen and oxygen atoms in total. The molecule has 2 N–H and O–H groups in total. The van der Waals surface area contributed by atoms with E-state index >= 15 is 0 Å². The van der Waals surface area contributed by atoms with E-state index in [0.717, 1.165) is 112 Å². The van der Waals surface area contributed by atoms with Gasteiger partial charge in [-0.15, -0.1) is 11.1 Å². The molecule has 92 heavy (non-hydrogen) atoms. The van der Waals surface area contributed by atoms with Crippen molar-refractivity contribution in [1.82, 2.24) is 0 Å². The highest BCUT2D eigenvalue weighted by atomic mass is 79.9. The molecule has 3 aliphatic rings. The molecule has 3 rings (SSSR count). The molecule has 0 aromatic carbocycles. The average Bonchev–Trinajstić information content (AvgIpc) is 0.892. The molecule has 0 aromatic heterocycles. The molecule has 0 amide bonds. The topological polar surface area (TPSA) is 175 Å². The first-order valence-corrected chi connectivity index (χ1v) is 40.4. The minimum atomic E-state index is -1.58. The summed E-state index contributed by atoms with van der Waals surface area (Å²) in [6.45, 7) is 56.7. The van der Waals surface area contributed by atoms with Crippen LogP contribution in [0.1, 0.15) is 258 Å². The second kappa shape index (κ2) is 60.9. The zero-order valence-corrected chi connectivity index (χ0v) is 66.0. The molecule has 0 bridgehead atoms. The Balaban J connectivity index is -0.000000325. The normalized spacial score (nSPS) is 18.6. The van der Waals surface area contributed by atoms with Gasteiger partial charge in [0.1, 0.15) is 41.2 Å². The largest absolute Gasteiger partial charge is 0.464 e. The van der Waals surface area contributed by atoms with Crippen LogP contribution in [0.15, 0.2) is 36.5 Å². The van der Waals surface area contributed by atoms with Crippen molar-refractivity contribution < 1.29 is 67.2 Å². The smallest absolute Gasteiger partial charge is 0.335 e. The van der Waals surface area contributed by atoms with Crippen molar-refractivity contribution in [2.45, 2.75) is 346 Å². The molecule has 542 valence electrons. The van der Waals surface area contributed by atoms with Gasteiger partial charge in [-0.1, -0.05) is 203 Å². The molecule has 3 fully saturated rings. The second-order valence-electron chi connectivity index (χ2n) is 26.5. The maximum atomic E-state index is 11.5. The summed E-state index contributed by atoms with van der Waals surface area (Å²) in [4.78, 5) is 32.3. The number of allylic oxidation sites excluding steroid dienone is 3. The van der Waals surface area contributed by atoms with Gasteiger partial charge < -0.3 is 57.6 Å². The van der Waals surface area contributed by atoms with E-state index in [2.05, 4.69) is 179 Å². The minimum absolute atomic E-state index is 0. The maximum absolute atomic E-state index is 11.5. The summed E-state index contributed by atoms with van der Waals surface area (Å²) in [7, 11) is -3.02. The van der Waals surface area contributed by atoms with Gasteiger partial charge in [0.05, 0.1) is 36.9 Å². The molecule has 0 aliphatic carbocycles.